The number of ether oxygens (including phenoxy) is 1. The minimum absolute atomic E-state index is 0.158. The first kappa shape index (κ1) is 17.7. The average molecular weight is 345 g/mol. The molecule has 2 fully saturated rings. The van der Waals surface area contributed by atoms with E-state index in [0.717, 1.165) is 37.1 Å². The summed E-state index contributed by atoms with van der Waals surface area (Å²) < 4.78 is 5.31. The van der Waals surface area contributed by atoms with Gasteiger partial charge in [0.1, 0.15) is 5.75 Å². The van der Waals surface area contributed by atoms with Crippen LogP contribution in [0.25, 0.3) is 0 Å². The Labute approximate surface area is 149 Å². The van der Waals surface area contributed by atoms with Crippen molar-refractivity contribution < 1.29 is 14.3 Å². The highest BCUT2D eigenvalue weighted by atomic mass is 16.5. The normalized spacial score (nSPS) is 23.3. The van der Waals surface area contributed by atoms with Gasteiger partial charge in [-0.1, -0.05) is 6.07 Å². The van der Waals surface area contributed by atoms with Gasteiger partial charge in [0, 0.05) is 30.9 Å². The molecule has 0 spiro atoms. The fraction of sp³-hybridized carbons (Fsp3) is 0.579. The number of aryl methyl sites for hydroxylation is 2. The number of rotatable bonds is 2. The molecular formula is C19H27N3O3. The van der Waals surface area contributed by atoms with Crippen LogP contribution in [0.2, 0.25) is 0 Å². The number of methoxy groups -OCH3 is 1. The van der Waals surface area contributed by atoms with Crippen LogP contribution < -0.4 is 10.1 Å². The second-order valence-corrected chi connectivity index (χ2v) is 7.26. The number of nitrogens with one attached hydrogen (secondary N) is 1. The van der Waals surface area contributed by atoms with E-state index >= 15 is 0 Å². The van der Waals surface area contributed by atoms with E-state index in [0.29, 0.717) is 23.9 Å². The van der Waals surface area contributed by atoms with Crippen LogP contribution in [0, 0.1) is 19.8 Å². The second kappa shape index (κ2) is 7.04. The third-order valence-corrected chi connectivity index (χ3v) is 5.51. The van der Waals surface area contributed by atoms with Gasteiger partial charge in [0.25, 0.3) is 0 Å². The van der Waals surface area contributed by atoms with Crippen LogP contribution in [0.15, 0.2) is 12.1 Å². The maximum Gasteiger partial charge on any atom is 0.313 e. The van der Waals surface area contributed by atoms with E-state index in [4.69, 9.17) is 4.74 Å². The van der Waals surface area contributed by atoms with Crippen molar-refractivity contribution >= 4 is 17.5 Å². The van der Waals surface area contributed by atoms with Crippen molar-refractivity contribution in [3.63, 3.8) is 0 Å². The zero-order valence-electron chi connectivity index (χ0n) is 15.5. The van der Waals surface area contributed by atoms with Crippen LogP contribution in [0.1, 0.15) is 24.0 Å². The van der Waals surface area contributed by atoms with Crippen LogP contribution in [-0.2, 0) is 9.59 Å². The number of fused-ring (bicyclic) bond motifs is 1. The molecule has 2 aliphatic rings. The van der Waals surface area contributed by atoms with Gasteiger partial charge in [0.15, 0.2) is 0 Å². The largest absolute Gasteiger partial charge is 0.496 e. The molecule has 3 rings (SSSR count). The van der Waals surface area contributed by atoms with Crippen LogP contribution in [0.5, 0.6) is 5.75 Å². The van der Waals surface area contributed by atoms with Crippen molar-refractivity contribution in [2.45, 2.75) is 32.7 Å². The highest BCUT2D eigenvalue weighted by Gasteiger charge is 2.41. The number of carbonyl (C=O) groups excluding carboxylic acids is 2. The molecule has 2 atom stereocenters. The molecule has 136 valence electrons. The first-order valence-electron chi connectivity index (χ1n) is 8.86. The quantitative estimate of drug-likeness (QED) is 0.831. The number of carbonyl (C=O) groups is 2. The van der Waals surface area contributed by atoms with Crippen molar-refractivity contribution in [1.82, 2.24) is 9.80 Å². The number of likely N-dealkylation sites (tertiary alicyclic amines) is 2. The lowest BCUT2D eigenvalue weighted by Crippen LogP contribution is -2.51. The number of hydrogen-bond donors (Lipinski definition) is 1. The van der Waals surface area contributed by atoms with Gasteiger partial charge in [0.2, 0.25) is 0 Å². The van der Waals surface area contributed by atoms with E-state index < -0.39 is 11.8 Å². The summed E-state index contributed by atoms with van der Waals surface area (Å²) in [5, 5.41) is 2.77. The van der Waals surface area contributed by atoms with E-state index in [1.807, 2.05) is 19.9 Å². The fourth-order valence-corrected chi connectivity index (χ4v) is 4.04. The summed E-state index contributed by atoms with van der Waals surface area (Å²) in [5.74, 6) is 0.224. The summed E-state index contributed by atoms with van der Waals surface area (Å²) in [6.45, 7) is 6.45. The highest BCUT2D eigenvalue weighted by Crippen LogP contribution is 2.31. The molecule has 2 saturated heterocycles. The van der Waals surface area contributed by atoms with Gasteiger partial charge in [-0.25, -0.2) is 0 Å². The second-order valence-electron chi connectivity index (χ2n) is 7.26. The van der Waals surface area contributed by atoms with Crippen molar-refractivity contribution in [3.05, 3.63) is 23.3 Å². The topological polar surface area (TPSA) is 61.9 Å². The van der Waals surface area contributed by atoms with Gasteiger partial charge in [-0.3, -0.25) is 9.59 Å². The number of piperidine rings is 1. The van der Waals surface area contributed by atoms with Gasteiger partial charge >= 0.3 is 11.8 Å². The van der Waals surface area contributed by atoms with Crippen molar-refractivity contribution in [1.29, 1.82) is 0 Å². The molecule has 2 aliphatic heterocycles. The molecule has 2 unspecified atom stereocenters. The molecule has 2 amide bonds. The number of amides is 2. The van der Waals surface area contributed by atoms with E-state index in [9.17, 15) is 9.59 Å². The molecule has 1 N–H and O–H groups in total. The van der Waals surface area contributed by atoms with Crippen molar-refractivity contribution in [2.24, 2.45) is 5.92 Å². The van der Waals surface area contributed by atoms with Crippen LogP contribution in [-0.4, -0.2) is 61.4 Å². The van der Waals surface area contributed by atoms with Crippen LogP contribution in [0.4, 0.5) is 5.69 Å². The molecular weight excluding hydrogens is 318 g/mol. The molecule has 0 saturated carbocycles. The summed E-state index contributed by atoms with van der Waals surface area (Å²) in [7, 11) is 3.66. The number of anilines is 1. The third-order valence-electron chi connectivity index (χ3n) is 5.51. The van der Waals surface area contributed by atoms with Gasteiger partial charge in [-0.05, 0) is 57.3 Å². The van der Waals surface area contributed by atoms with Crippen molar-refractivity contribution in [3.8, 4) is 5.75 Å². The third kappa shape index (κ3) is 3.49. The average Bonchev–Trinajstić information content (AvgIpc) is 2.99. The lowest BCUT2D eigenvalue weighted by Gasteiger charge is -2.36. The van der Waals surface area contributed by atoms with E-state index in [1.54, 1.807) is 18.1 Å². The predicted octanol–water partition coefficient (Wildman–Crippen LogP) is 1.80. The lowest BCUT2D eigenvalue weighted by atomic mass is 9.92. The summed E-state index contributed by atoms with van der Waals surface area (Å²) in [6, 6.07) is 3.88. The smallest absolute Gasteiger partial charge is 0.313 e. The molecule has 25 heavy (non-hydrogen) atoms. The minimum Gasteiger partial charge on any atom is -0.496 e. The highest BCUT2D eigenvalue weighted by molar-refractivity contribution is 6.39. The first-order valence-corrected chi connectivity index (χ1v) is 8.86. The maximum absolute atomic E-state index is 12.7. The molecule has 1 aromatic carbocycles. The number of likely N-dealkylation sites (N-methyl/N-ethyl adjacent to an activating group) is 1. The van der Waals surface area contributed by atoms with E-state index in [2.05, 4.69) is 17.3 Å². The summed E-state index contributed by atoms with van der Waals surface area (Å²) in [4.78, 5) is 29.2. The Morgan fingerprint density at radius 2 is 1.88 bits per heavy atom. The SMILES string of the molecule is COc1cc(NC(=O)C(=O)N2CCC3CCN(C)CC32)c(C)cc1C. The monoisotopic (exact) mass is 345 g/mol. The van der Waals surface area contributed by atoms with Crippen LogP contribution in [0.3, 0.4) is 0 Å². The maximum atomic E-state index is 12.7. The molecule has 6 heteroatoms. The summed E-state index contributed by atoms with van der Waals surface area (Å²) in [6.07, 6.45) is 2.09. The van der Waals surface area contributed by atoms with Gasteiger partial charge < -0.3 is 19.9 Å². The molecule has 1 aromatic rings. The zero-order valence-corrected chi connectivity index (χ0v) is 15.5. The van der Waals surface area contributed by atoms with E-state index in [-0.39, 0.29) is 6.04 Å². The Bertz CT molecular complexity index is 689. The van der Waals surface area contributed by atoms with Gasteiger partial charge in [0.05, 0.1) is 7.11 Å². The molecule has 0 aromatic heterocycles. The van der Waals surface area contributed by atoms with Crippen LogP contribution >= 0.6 is 0 Å². The van der Waals surface area contributed by atoms with E-state index in [1.165, 1.54) is 0 Å². The van der Waals surface area contributed by atoms with Gasteiger partial charge in [-0.2, -0.15) is 0 Å². The first-order chi connectivity index (χ1) is 11.9. The molecule has 2 heterocycles. The lowest BCUT2D eigenvalue weighted by molar-refractivity contribution is -0.144. The Kier molecular flexibility index (Phi) is 4.99. The predicted molar refractivity (Wildman–Crippen MR) is 96.8 cm³/mol. The Morgan fingerprint density at radius 1 is 1.16 bits per heavy atom. The van der Waals surface area contributed by atoms with Crippen molar-refractivity contribution in [2.75, 3.05) is 39.1 Å². The molecule has 6 nitrogen and oxygen atoms in total. The number of hydrogen-bond acceptors (Lipinski definition) is 4. The minimum atomic E-state index is -0.567. The summed E-state index contributed by atoms with van der Waals surface area (Å²) in [5.41, 5.74) is 2.53. The fourth-order valence-electron chi connectivity index (χ4n) is 4.04. The zero-order chi connectivity index (χ0) is 18.1. The Balaban J connectivity index is 1.72. The number of nitrogens with zero attached hydrogens (tertiary/aromatic N) is 2. The molecule has 0 aliphatic carbocycles. The summed E-state index contributed by atoms with van der Waals surface area (Å²) >= 11 is 0. The van der Waals surface area contributed by atoms with Gasteiger partial charge in [-0.15, -0.1) is 0 Å². The standard InChI is InChI=1S/C19H27N3O3/c1-12-9-13(2)17(25-4)10-15(12)20-18(23)19(24)22-8-6-14-5-7-21(3)11-16(14)22/h9-10,14,16H,5-8,11H2,1-4H3,(H,20,23). The number of benzene rings is 1. The Hall–Kier alpha value is -2.08. The molecule has 0 radical (unpaired) electrons. The molecule has 0 bridgehead atoms. The Morgan fingerprint density at radius 3 is 2.60 bits per heavy atom.